The van der Waals surface area contributed by atoms with Crippen molar-refractivity contribution in [1.29, 1.82) is 0 Å². The van der Waals surface area contributed by atoms with Crippen LogP contribution in [0.2, 0.25) is 0 Å². The minimum absolute atomic E-state index is 0.0898. The lowest BCUT2D eigenvalue weighted by Crippen LogP contribution is -2.17. The molecule has 1 fully saturated rings. The van der Waals surface area contributed by atoms with Gasteiger partial charge in [-0.25, -0.2) is 0 Å². The molecule has 1 aliphatic rings. The molecule has 0 radical (unpaired) electrons. The van der Waals surface area contributed by atoms with Crippen LogP contribution in [0.15, 0.2) is 12.2 Å². The molecule has 1 rings (SSSR count). The Labute approximate surface area is 158 Å². The van der Waals surface area contributed by atoms with Crippen LogP contribution < -0.4 is 0 Å². The Morgan fingerprint density at radius 3 is 1.92 bits per heavy atom. The van der Waals surface area contributed by atoms with Crippen molar-refractivity contribution in [3.8, 4) is 0 Å². The summed E-state index contributed by atoms with van der Waals surface area (Å²) in [5, 5.41) is 9.91. The van der Waals surface area contributed by atoms with E-state index in [9.17, 15) is 5.11 Å². The molecule has 1 unspecified atom stereocenters. The fourth-order valence-electron chi connectivity index (χ4n) is 4.32. The molecule has 1 heteroatoms. The molecule has 0 aromatic heterocycles. The van der Waals surface area contributed by atoms with Crippen molar-refractivity contribution >= 4 is 0 Å². The van der Waals surface area contributed by atoms with E-state index < -0.39 is 0 Å². The van der Waals surface area contributed by atoms with Crippen LogP contribution in [0.1, 0.15) is 117 Å². The molecule has 1 N–H and O–H groups in total. The van der Waals surface area contributed by atoms with Gasteiger partial charge in [-0.2, -0.15) is 0 Å². The first-order valence-electron chi connectivity index (χ1n) is 11.4. The number of aliphatic hydroxyl groups is 1. The highest BCUT2D eigenvalue weighted by molar-refractivity contribution is 4.93. The summed E-state index contributed by atoms with van der Waals surface area (Å²) in [5.41, 5.74) is 1.49. The third-order valence-electron chi connectivity index (χ3n) is 6.37. The summed E-state index contributed by atoms with van der Waals surface area (Å²) in [6, 6.07) is 0. The van der Waals surface area contributed by atoms with E-state index in [0.717, 1.165) is 18.3 Å². The first kappa shape index (κ1) is 22.7. The molecule has 0 aromatic rings. The second-order valence-corrected chi connectivity index (χ2v) is 9.08. The van der Waals surface area contributed by atoms with Crippen molar-refractivity contribution in [2.24, 2.45) is 17.8 Å². The van der Waals surface area contributed by atoms with Crippen LogP contribution in [-0.2, 0) is 0 Å². The van der Waals surface area contributed by atoms with Gasteiger partial charge in [0.05, 0.1) is 6.10 Å². The molecule has 148 valence electrons. The van der Waals surface area contributed by atoms with Crippen LogP contribution in [0.4, 0.5) is 0 Å². The van der Waals surface area contributed by atoms with Gasteiger partial charge >= 0.3 is 0 Å². The zero-order valence-corrected chi connectivity index (χ0v) is 17.6. The Bertz CT molecular complexity index is 325. The van der Waals surface area contributed by atoms with Gasteiger partial charge in [-0.1, -0.05) is 97.1 Å². The van der Waals surface area contributed by atoms with Crippen LogP contribution in [0.3, 0.4) is 0 Å². The maximum Gasteiger partial charge on any atom is 0.0563 e. The Balaban J connectivity index is 1.99. The lowest BCUT2D eigenvalue weighted by atomic mass is 9.77. The third kappa shape index (κ3) is 11.1. The van der Waals surface area contributed by atoms with Gasteiger partial charge < -0.3 is 5.11 Å². The second kappa shape index (κ2) is 13.8. The van der Waals surface area contributed by atoms with Gasteiger partial charge in [0.2, 0.25) is 0 Å². The van der Waals surface area contributed by atoms with Crippen molar-refractivity contribution < 1.29 is 5.11 Å². The maximum absolute atomic E-state index is 9.91. The summed E-state index contributed by atoms with van der Waals surface area (Å²) in [7, 11) is 0. The first-order chi connectivity index (χ1) is 12.0. The Morgan fingerprint density at radius 1 is 0.880 bits per heavy atom. The van der Waals surface area contributed by atoms with Crippen molar-refractivity contribution in [1.82, 2.24) is 0 Å². The quantitative estimate of drug-likeness (QED) is 0.251. The zero-order valence-electron chi connectivity index (χ0n) is 17.6. The smallest absolute Gasteiger partial charge is 0.0563 e. The van der Waals surface area contributed by atoms with Crippen molar-refractivity contribution in [2.45, 2.75) is 123 Å². The van der Waals surface area contributed by atoms with Crippen LogP contribution in [0.25, 0.3) is 0 Å². The van der Waals surface area contributed by atoms with E-state index in [1.807, 2.05) is 0 Å². The molecule has 0 saturated heterocycles. The molecular weight excluding hydrogens is 304 g/mol. The number of rotatable bonds is 14. The second-order valence-electron chi connectivity index (χ2n) is 9.08. The van der Waals surface area contributed by atoms with Gasteiger partial charge in [0.1, 0.15) is 0 Å². The molecule has 1 atom stereocenters. The molecule has 1 nitrogen and oxygen atoms in total. The summed E-state index contributed by atoms with van der Waals surface area (Å²) in [4.78, 5) is 0. The summed E-state index contributed by atoms with van der Waals surface area (Å²) in [6.45, 7) is 10.8. The van der Waals surface area contributed by atoms with Crippen LogP contribution >= 0.6 is 0 Å². The molecular formula is C24H46O. The molecule has 1 aliphatic carbocycles. The number of allylic oxidation sites excluding steroid dienone is 1. The lowest BCUT2D eigenvalue weighted by molar-refractivity contribution is 0.110. The molecule has 1 saturated carbocycles. The summed E-state index contributed by atoms with van der Waals surface area (Å²) < 4.78 is 0. The van der Waals surface area contributed by atoms with Gasteiger partial charge in [0.25, 0.3) is 0 Å². The highest BCUT2D eigenvalue weighted by Crippen LogP contribution is 2.34. The molecule has 0 heterocycles. The van der Waals surface area contributed by atoms with Crippen LogP contribution in [-0.4, -0.2) is 11.2 Å². The van der Waals surface area contributed by atoms with Crippen LogP contribution in [0, 0.1) is 17.8 Å². The van der Waals surface area contributed by atoms with Crippen molar-refractivity contribution in [3.05, 3.63) is 12.2 Å². The van der Waals surface area contributed by atoms with E-state index in [1.165, 1.54) is 95.5 Å². The minimum Gasteiger partial charge on any atom is -0.393 e. The summed E-state index contributed by atoms with van der Waals surface area (Å²) >= 11 is 0. The predicted octanol–water partition coefficient (Wildman–Crippen LogP) is 7.68. The Kier molecular flexibility index (Phi) is 12.6. The monoisotopic (exact) mass is 350 g/mol. The topological polar surface area (TPSA) is 20.2 Å². The molecule has 0 aromatic carbocycles. The average Bonchev–Trinajstić information content (AvgIpc) is 2.60. The highest BCUT2D eigenvalue weighted by Gasteiger charge is 2.21. The number of hydrogen-bond donors (Lipinski definition) is 1. The first-order valence-corrected chi connectivity index (χ1v) is 11.4. The van der Waals surface area contributed by atoms with Crippen LogP contribution in [0.5, 0.6) is 0 Å². The molecule has 25 heavy (non-hydrogen) atoms. The van der Waals surface area contributed by atoms with E-state index in [4.69, 9.17) is 0 Å². The van der Waals surface area contributed by atoms with Gasteiger partial charge in [-0.15, -0.1) is 0 Å². The maximum atomic E-state index is 9.91. The van der Waals surface area contributed by atoms with Gasteiger partial charge in [-0.3, -0.25) is 0 Å². The third-order valence-corrected chi connectivity index (χ3v) is 6.37. The van der Waals surface area contributed by atoms with E-state index >= 15 is 0 Å². The lowest BCUT2D eigenvalue weighted by Gasteiger charge is -2.29. The average molecular weight is 351 g/mol. The normalized spacial score (nSPS) is 22.3. The molecule has 0 spiro atoms. The molecule has 0 bridgehead atoms. The van der Waals surface area contributed by atoms with E-state index in [2.05, 4.69) is 27.4 Å². The molecule has 0 amide bonds. The number of unbranched alkanes of at least 4 members (excludes halogenated alkanes) is 3. The van der Waals surface area contributed by atoms with E-state index in [1.54, 1.807) is 0 Å². The minimum atomic E-state index is -0.0898. The fraction of sp³-hybridized carbons (Fsp3) is 0.917. The Hall–Kier alpha value is -0.300. The SMILES string of the molecule is C=C(CCCCC)CCCCC1CCC(CCCC(O)C(C)C)CC1. The Morgan fingerprint density at radius 2 is 1.40 bits per heavy atom. The van der Waals surface area contributed by atoms with E-state index in [-0.39, 0.29) is 6.10 Å². The molecule has 0 aliphatic heterocycles. The van der Waals surface area contributed by atoms with Gasteiger partial charge in [0.15, 0.2) is 0 Å². The van der Waals surface area contributed by atoms with Crippen molar-refractivity contribution in [2.75, 3.05) is 0 Å². The largest absolute Gasteiger partial charge is 0.393 e. The van der Waals surface area contributed by atoms with E-state index in [0.29, 0.717) is 5.92 Å². The number of aliphatic hydroxyl groups excluding tert-OH is 1. The fourth-order valence-corrected chi connectivity index (χ4v) is 4.32. The summed E-state index contributed by atoms with van der Waals surface area (Å²) in [6.07, 6.45) is 20.0. The standard InChI is InChI=1S/C24H46O/c1-5-6-7-11-21(4)12-8-9-13-22-16-18-23(19-17-22)14-10-15-24(25)20(2)3/h20,22-25H,4-19H2,1-3H3. The predicted molar refractivity (Wildman–Crippen MR) is 112 cm³/mol. The van der Waals surface area contributed by atoms with Crippen molar-refractivity contribution in [3.63, 3.8) is 0 Å². The number of hydrogen-bond acceptors (Lipinski definition) is 1. The van der Waals surface area contributed by atoms with Gasteiger partial charge in [-0.05, 0) is 49.9 Å². The highest BCUT2D eigenvalue weighted by atomic mass is 16.3. The summed E-state index contributed by atoms with van der Waals surface area (Å²) in [5.74, 6) is 2.35. The zero-order chi connectivity index (χ0) is 18.5. The van der Waals surface area contributed by atoms with Gasteiger partial charge in [0, 0.05) is 0 Å².